The highest BCUT2D eigenvalue weighted by Crippen LogP contribution is 2.30. The maximum Gasteiger partial charge on any atom is 0.407 e. The van der Waals surface area contributed by atoms with E-state index in [0.29, 0.717) is 25.8 Å². The smallest absolute Gasteiger partial charge is 0.407 e. The van der Waals surface area contributed by atoms with Crippen LogP contribution in [0.1, 0.15) is 65.0 Å². The summed E-state index contributed by atoms with van der Waals surface area (Å²) in [6, 6.07) is 7.07. The van der Waals surface area contributed by atoms with Crippen LogP contribution in [-0.2, 0) is 32.0 Å². The highest BCUT2D eigenvalue weighted by Gasteiger charge is 2.54. The van der Waals surface area contributed by atoms with E-state index in [4.69, 9.17) is 9.47 Å². The first-order valence-corrected chi connectivity index (χ1v) is 11.6. The molecule has 0 aliphatic carbocycles. The second kappa shape index (κ2) is 11.6. The lowest BCUT2D eigenvalue weighted by Gasteiger charge is -2.22. The minimum absolute atomic E-state index is 0.195. The maximum atomic E-state index is 12.7. The van der Waals surface area contributed by atoms with Gasteiger partial charge in [0.1, 0.15) is 5.60 Å². The van der Waals surface area contributed by atoms with Crippen molar-refractivity contribution >= 4 is 17.8 Å². The number of carbonyl (C=O) groups is 3. The lowest BCUT2D eigenvalue weighted by Crippen LogP contribution is -2.48. The first-order valence-electron chi connectivity index (χ1n) is 11.6. The Morgan fingerprint density at radius 1 is 1.18 bits per heavy atom. The molecule has 8 heteroatoms. The Hall–Kier alpha value is -2.45. The summed E-state index contributed by atoms with van der Waals surface area (Å²) < 4.78 is 10.5. The molecule has 1 fully saturated rings. The van der Waals surface area contributed by atoms with Crippen molar-refractivity contribution < 1.29 is 29.0 Å². The summed E-state index contributed by atoms with van der Waals surface area (Å²) in [6.45, 7) is 9.56. The lowest BCUT2D eigenvalue weighted by molar-refractivity contribution is -0.132. The van der Waals surface area contributed by atoms with Gasteiger partial charge in [0, 0.05) is 13.0 Å². The molecule has 3 N–H and O–H groups in total. The zero-order valence-electron chi connectivity index (χ0n) is 20.4. The predicted octanol–water partition coefficient (Wildman–Crippen LogP) is 2.90. The minimum atomic E-state index is -1.15. The van der Waals surface area contributed by atoms with Gasteiger partial charge in [-0.05, 0) is 57.1 Å². The van der Waals surface area contributed by atoms with E-state index in [2.05, 4.69) is 10.6 Å². The van der Waals surface area contributed by atoms with E-state index < -0.39 is 23.3 Å². The molecular weight excluding hydrogens is 424 g/mol. The summed E-state index contributed by atoms with van der Waals surface area (Å²) in [5, 5.41) is 15.1. The number of aliphatic hydroxyl groups is 1. The largest absolute Gasteiger partial charge is 0.444 e. The number of alkyl carbamates (subject to hydrolysis) is 1. The normalized spacial score (nSPS) is 18.5. The number of amides is 2. The van der Waals surface area contributed by atoms with Gasteiger partial charge >= 0.3 is 6.09 Å². The number of nitrogens with one attached hydrogen (secondary N) is 2. The molecule has 0 aromatic heterocycles. The molecule has 0 radical (unpaired) electrons. The fourth-order valence-electron chi connectivity index (χ4n) is 3.58. The third kappa shape index (κ3) is 8.78. The molecule has 1 saturated heterocycles. The molecule has 184 valence electrons. The lowest BCUT2D eigenvalue weighted by atomic mass is 9.92. The van der Waals surface area contributed by atoms with Crippen LogP contribution in [0.15, 0.2) is 24.3 Å². The molecule has 2 amide bonds. The van der Waals surface area contributed by atoms with Gasteiger partial charge in [-0.2, -0.15) is 0 Å². The van der Waals surface area contributed by atoms with Crippen LogP contribution in [0.3, 0.4) is 0 Å². The molecule has 8 nitrogen and oxygen atoms in total. The average molecular weight is 463 g/mol. The summed E-state index contributed by atoms with van der Waals surface area (Å²) in [5.74, 6) is -0.254. The topological polar surface area (TPSA) is 117 Å². The Morgan fingerprint density at radius 3 is 2.36 bits per heavy atom. The van der Waals surface area contributed by atoms with E-state index in [1.54, 1.807) is 0 Å². The van der Waals surface area contributed by atoms with Gasteiger partial charge in [-0.1, -0.05) is 38.1 Å². The van der Waals surface area contributed by atoms with Crippen molar-refractivity contribution in [3.8, 4) is 0 Å². The quantitative estimate of drug-likeness (QED) is 0.411. The molecule has 1 aliphatic heterocycles. The number of ether oxygens (including phenoxy) is 2. The van der Waals surface area contributed by atoms with Crippen molar-refractivity contribution in [2.75, 3.05) is 13.2 Å². The van der Waals surface area contributed by atoms with Crippen LogP contribution in [0.5, 0.6) is 0 Å². The highest BCUT2D eigenvalue weighted by atomic mass is 16.6. The summed E-state index contributed by atoms with van der Waals surface area (Å²) in [4.78, 5) is 37.2. The van der Waals surface area contributed by atoms with Crippen LogP contribution >= 0.6 is 0 Å². The number of aryl methyl sites for hydroxylation is 1. The monoisotopic (exact) mass is 462 g/mol. The third-order valence-corrected chi connectivity index (χ3v) is 5.35. The molecule has 1 aromatic rings. The van der Waals surface area contributed by atoms with Gasteiger partial charge in [0.25, 0.3) is 0 Å². The number of Topliss-reactive ketones (excluding diaryl/α,β-unsaturated/α-hetero) is 1. The van der Waals surface area contributed by atoms with Gasteiger partial charge in [-0.25, -0.2) is 4.79 Å². The Labute approximate surface area is 196 Å². The Bertz CT molecular complexity index is 826. The first-order chi connectivity index (χ1) is 15.5. The van der Waals surface area contributed by atoms with Crippen molar-refractivity contribution in [3.05, 3.63) is 35.4 Å². The molecule has 0 saturated carbocycles. The Kier molecular flexibility index (Phi) is 9.43. The summed E-state index contributed by atoms with van der Waals surface area (Å²) in [6.07, 6.45) is 1.54. The van der Waals surface area contributed by atoms with Crippen LogP contribution in [0, 0.1) is 5.92 Å². The number of ketones is 1. The van der Waals surface area contributed by atoms with Crippen molar-refractivity contribution in [1.82, 2.24) is 10.6 Å². The predicted molar refractivity (Wildman–Crippen MR) is 125 cm³/mol. The molecule has 2 atom stereocenters. The SMILES string of the molecule is CC(C)CC(NC(=O)CCCc1ccccc1CNC(=O)OC(C)(C)C)C(=O)C1(CO)CO1. The number of epoxide rings is 1. The number of benzene rings is 1. The number of aliphatic hydroxyl groups excluding tert-OH is 1. The Balaban J connectivity index is 1.87. The van der Waals surface area contributed by atoms with E-state index in [0.717, 1.165) is 11.1 Å². The van der Waals surface area contributed by atoms with Crippen LogP contribution in [0.25, 0.3) is 0 Å². The number of hydrogen-bond donors (Lipinski definition) is 3. The van der Waals surface area contributed by atoms with Crippen molar-refractivity contribution in [2.24, 2.45) is 5.92 Å². The molecule has 1 aliphatic rings. The van der Waals surface area contributed by atoms with Crippen LogP contribution in [0.4, 0.5) is 4.79 Å². The van der Waals surface area contributed by atoms with E-state index in [-0.39, 0.29) is 37.2 Å². The van der Waals surface area contributed by atoms with Gasteiger partial charge in [0.2, 0.25) is 5.91 Å². The number of rotatable bonds is 12. The van der Waals surface area contributed by atoms with Gasteiger partial charge in [0.15, 0.2) is 11.4 Å². The molecule has 1 heterocycles. The minimum Gasteiger partial charge on any atom is -0.444 e. The van der Waals surface area contributed by atoms with E-state index in [9.17, 15) is 19.5 Å². The molecule has 2 rings (SSSR count). The van der Waals surface area contributed by atoms with E-state index in [1.807, 2.05) is 58.9 Å². The molecular formula is C25H38N2O6. The van der Waals surface area contributed by atoms with Crippen molar-refractivity contribution in [2.45, 2.75) is 84.1 Å². The molecule has 0 bridgehead atoms. The zero-order valence-corrected chi connectivity index (χ0v) is 20.4. The van der Waals surface area contributed by atoms with Crippen LogP contribution in [-0.4, -0.2) is 53.3 Å². The fourth-order valence-corrected chi connectivity index (χ4v) is 3.58. The Morgan fingerprint density at radius 2 is 1.82 bits per heavy atom. The van der Waals surface area contributed by atoms with Gasteiger partial charge in [-0.3, -0.25) is 9.59 Å². The average Bonchev–Trinajstić information content (AvgIpc) is 3.52. The van der Waals surface area contributed by atoms with Gasteiger partial charge in [-0.15, -0.1) is 0 Å². The maximum absolute atomic E-state index is 12.7. The van der Waals surface area contributed by atoms with Crippen LogP contribution < -0.4 is 10.6 Å². The summed E-state index contributed by atoms with van der Waals surface area (Å²) >= 11 is 0. The van der Waals surface area contributed by atoms with Gasteiger partial charge < -0.3 is 25.2 Å². The first kappa shape index (κ1) is 26.8. The van der Waals surface area contributed by atoms with E-state index in [1.165, 1.54) is 0 Å². The molecule has 1 aromatic carbocycles. The van der Waals surface area contributed by atoms with Crippen molar-refractivity contribution in [3.63, 3.8) is 0 Å². The fraction of sp³-hybridized carbons (Fsp3) is 0.640. The molecule has 2 unspecified atom stereocenters. The number of hydrogen-bond acceptors (Lipinski definition) is 6. The summed E-state index contributed by atoms with van der Waals surface area (Å²) in [7, 11) is 0. The molecule has 33 heavy (non-hydrogen) atoms. The second-order valence-electron chi connectivity index (χ2n) is 10.0. The molecule has 0 spiro atoms. The van der Waals surface area contributed by atoms with E-state index >= 15 is 0 Å². The number of carbonyl (C=O) groups excluding carboxylic acids is 3. The standard InChI is InChI=1S/C25H38N2O6/c1-17(2)13-20(22(30)25(15-28)16-32-25)27-21(29)12-8-11-18-9-6-7-10-19(18)14-26-23(31)33-24(3,4)5/h6-7,9-10,17,20,28H,8,11-16H2,1-5H3,(H,26,31)(H,27,29). The highest BCUT2D eigenvalue weighted by molar-refractivity contribution is 5.96. The van der Waals surface area contributed by atoms with Crippen molar-refractivity contribution in [1.29, 1.82) is 0 Å². The van der Waals surface area contributed by atoms with Gasteiger partial charge in [0.05, 0.1) is 19.3 Å². The summed E-state index contributed by atoms with van der Waals surface area (Å²) in [5.41, 5.74) is 0.301. The van der Waals surface area contributed by atoms with Crippen LogP contribution in [0.2, 0.25) is 0 Å². The second-order valence-corrected chi connectivity index (χ2v) is 10.0. The third-order valence-electron chi connectivity index (χ3n) is 5.35. The zero-order chi connectivity index (χ0) is 24.6.